The molecule has 1 N–H and O–H groups in total. The summed E-state index contributed by atoms with van der Waals surface area (Å²) in [5, 5.41) is 3.31. The van der Waals surface area contributed by atoms with Crippen LogP contribution in [0.3, 0.4) is 0 Å². The number of nitrogens with zero attached hydrogens (tertiary/aromatic N) is 3. The van der Waals surface area contributed by atoms with Gasteiger partial charge in [0.2, 0.25) is 0 Å². The molecule has 7 heteroatoms. The van der Waals surface area contributed by atoms with Crippen LogP contribution in [0.15, 0.2) is 53.3 Å². The van der Waals surface area contributed by atoms with Crippen LogP contribution in [0.5, 0.6) is 0 Å². The highest BCUT2D eigenvalue weighted by molar-refractivity contribution is 6.01. The normalized spacial score (nSPS) is 16.0. The van der Waals surface area contributed by atoms with Gasteiger partial charge < -0.3 is 15.1 Å². The molecule has 1 aliphatic rings. The number of allylic oxidation sites excluding steroid dienone is 2. The summed E-state index contributed by atoms with van der Waals surface area (Å²) in [7, 11) is 0. The summed E-state index contributed by atoms with van der Waals surface area (Å²) in [4.78, 5) is 20.1. The van der Waals surface area contributed by atoms with E-state index in [1.165, 1.54) is 12.1 Å². The van der Waals surface area contributed by atoms with E-state index in [1.807, 2.05) is 26.0 Å². The number of terminal acetylenes is 1. The molecular formula is C23H28F2N4O. The predicted molar refractivity (Wildman–Crippen MR) is 117 cm³/mol. The van der Waals surface area contributed by atoms with Crippen molar-refractivity contribution in [2.24, 2.45) is 4.99 Å². The Hall–Kier alpha value is -3.14. The highest BCUT2D eigenvalue weighted by Crippen LogP contribution is 2.28. The number of nitrogens with one attached hydrogen (secondary N) is 1. The van der Waals surface area contributed by atoms with Gasteiger partial charge in [-0.2, -0.15) is 0 Å². The maximum absolute atomic E-state index is 13.5. The van der Waals surface area contributed by atoms with E-state index < -0.39 is 5.92 Å². The first-order chi connectivity index (χ1) is 14.3. The fraction of sp³-hybridized carbons (Fsp3) is 0.391. The lowest BCUT2D eigenvalue weighted by molar-refractivity contribution is -0.126. The molecule has 0 radical (unpaired) electrons. The summed E-state index contributed by atoms with van der Waals surface area (Å²) < 4.78 is 27.0. The number of amides is 1. The fourth-order valence-corrected chi connectivity index (χ4v) is 3.08. The van der Waals surface area contributed by atoms with Crippen LogP contribution in [0.25, 0.3) is 0 Å². The van der Waals surface area contributed by atoms with Crippen molar-refractivity contribution < 1.29 is 13.6 Å². The van der Waals surface area contributed by atoms with Crippen LogP contribution in [0.2, 0.25) is 0 Å². The number of alkyl halides is 2. The Kier molecular flexibility index (Phi) is 8.16. The molecule has 2 rings (SSSR count). The third-order valence-corrected chi connectivity index (χ3v) is 4.66. The molecule has 0 aliphatic carbocycles. The van der Waals surface area contributed by atoms with Crippen LogP contribution in [0.4, 0.5) is 14.5 Å². The molecule has 1 saturated heterocycles. The van der Waals surface area contributed by atoms with E-state index in [0.717, 1.165) is 24.9 Å². The number of rotatable bonds is 6. The first-order valence-corrected chi connectivity index (χ1v) is 9.95. The first kappa shape index (κ1) is 23.1. The zero-order valence-electron chi connectivity index (χ0n) is 17.7. The molecule has 1 fully saturated rings. The minimum Gasteiger partial charge on any atom is -0.353 e. The van der Waals surface area contributed by atoms with Crippen molar-refractivity contribution in [2.75, 3.05) is 31.5 Å². The van der Waals surface area contributed by atoms with Crippen LogP contribution < -0.4 is 5.32 Å². The maximum atomic E-state index is 13.5. The van der Waals surface area contributed by atoms with Crippen LogP contribution >= 0.6 is 0 Å². The molecule has 1 aromatic rings. The number of anilines is 1. The van der Waals surface area contributed by atoms with Gasteiger partial charge in [-0.1, -0.05) is 31.2 Å². The molecule has 1 aliphatic heterocycles. The van der Waals surface area contributed by atoms with E-state index in [4.69, 9.17) is 6.42 Å². The Morgan fingerprint density at radius 2 is 1.83 bits per heavy atom. The summed E-state index contributed by atoms with van der Waals surface area (Å²) in [6.07, 6.45) is 11.5. The van der Waals surface area contributed by atoms with Gasteiger partial charge in [0.05, 0.1) is 5.70 Å². The summed E-state index contributed by atoms with van der Waals surface area (Å²) in [5.74, 6) is -0.306. The van der Waals surface area contributed by atoms with Gasteiger partial charge in [0.15, 0.2) is 5.84 Å². The number of benzene rings is 1. The molecule has 1 aromatic carbocycles. The van der Waals surface area contributed by atoms with E-state index in [1.54, 1.807) is 23.2 Å². The highest BCUT2D eigenvalue weighted by Gasteiger charge is 2.25. The van der Waals surface area contributed by atoms with Crippen molar-refractivity contribution in [2.45, 2.75) is 33.1 Å². The zero-order valence-corrected chi connectivity index (χ0v) is 17.7. The molecule has 0 spiro atoms. The summed E-state index contributed by atoms with van der Waals surface area (Å²) >= 11 is 0. The summed E-state index contributed by atoms with van der Waals surface area (Å²) in [6.45, 7) is 6.98. The topological polar surface area (TPSA) is 47.9 Å². The van der Waals surface area contributed by atoms with Crippen LogP contribution in [-0.4, -0.2) is 47.7 Å². The molecule has 160 valence electrons. The molecular weight excluding hydrogens is 386 g/mol. The number of hydrogen-bond acceptors (Lipinski definition) is 3. The summed E-state index contributed by atoms with van der Waals surface area (Å²) in [6, 6.07) is 6.10. The van der Waals surface area contributed by atoms with Gasteiger partial charge in [0.1, 0.15) is 0 Å². The van der Waals surface area contributed by atoms with Crippen LogP contribution in [0.1, 0.15) is 32.8 Å². The van der Waals surface area contributed by atoms with Gasteiger partial charge in [0, 0.05) is 50.6 Å². The number of carbonyl (C=O) groups excluding carboxylic acids is 1. The number of hydrogen-bond donors (Lipinski definition) is 1. The lowest BCUT2D eigenvalue weighted by Crippen LogP contribution is -2.51. The minimum atomic E-state index is -2.88. The van der Waals surface area contributed by atoms with Crippen LogP contribution in [0, 0.1) is 12.3 Å². The van der Waals surface area contributed by atoms with E-state index in [0.29, 0.717) is 31.9 Å². The minimum absolute atomic E-state index is 0.0359. The third kappa shape index (κ3) is 6.18. The molecule has 1 amide bonds. The number of amidine groups is 1. The highest BCUT2D eigenvalue weighted by atomic mass is 19.3. The van der Waals surface area contributed by atoms with Gasteiger partial charge in [-0.05, 0) is 31.4 Å². The Morgan fingerprint density at radius 1 is 1.23 bits per heavy atom. The van der Waals surface area contributed by atoms with Gasteiger partial charge in [-0.3, -0.25) is 4.79 Å². The SMILES string of the molecule is C#CC(=O)N1CCN(C(=N/C=C\C)/C(=C/CC)Nc2ccc(C(C)(F)F)cc2)CC1. The first-order valence-electron chi connectivity index (χ1n) is 9.95. The molecule has 0 atom stereocenters. The Labute approximate surface area is 177 Å². The Bertz CT molecular complexity index is 853. The molecule has 5 nitrogen and oxygen atoms in total. The van der Waals surface area contributed by atoms with E-state index >= 15 is 0 Å². The van der Waals surface area contributed by atoms with E-state index in [2.05, 4.69) is 21.1 Å². The van der Waals surface area contributed by atoms with E-state index in [-0.39, 0.29) is 11.5 Å². The summed E-state index contributed by atoms with van der Waals surface area (Å²) in [5.41, 5.74) is 1.44. The average Bonchev–Trinajstić information content (AvgIpc) is 2.73. The molecule has 0 bridgehead atoms. The largest absolute Gasteiger partial charge is 0.353 e. The second kappa shape index (κ2) is 10.6. The van der Waals surface area contributed by atoms with Crippen molar-refractivity contribution in [3.63, 3.8) is 0 Å². The molecule has 0 aromatic heterocycles. The monoisotopic (exact) mass is 414 g/mol. The van der Waals surface area contributed by atoms with Crippen LogP contribution in [-0.2, 0) is 10.7 Å². The molecule has 0 unspecified atom stereocenters. The zero-order chi connectivity index (χ0) is 22.1. The van der Waals surface area contributed by atoms with Crippen molar-refractivity contribution in [3.8, 4) is 12.3 Å². The Balaban J connectivity index is 2.24. The molecule has 1 heterocycles. The van der Waals surface area contributed by atoms with Gasteiger partial charge in [0.25, 0.3) is 11.8 Å². The predicted octanol–water partition coefficient (Wildman–Crippen LogP) is 4.21. The maximum Gasteiger partial charge on any atom is 0.298 e. The Morgan fingerprint density at radius 3 is 2.33 bits per heavy atom. The fourth-order valence-electron chi connectivity index (χ4n) is 3.08. The van der Waals surface area contributed by atoms with Crippen molar-refractivity contribution in [1.82, 2.24) is 9.80 Å². The van der Waals surface area contributed by atoms with Gasteiger partial charge >= 0.3 is 0 Å². The lowest BCUT2D eigenvalue weighted by Gasteiger charge is -2.36. The van der Waals surface area contributed by atoms with Crippen molar-refractivity contribution in [1.29, 1.82) is 0 Å². The smallest absolute Gasteiger partial charge is 0.298 e. The second-order valence-electron chi connectivity index (χ2n) is 6.98. The van der Waals surface area contributed by atoms with E-state index in [9.17, 15) is 13.6 Å². The number of carbonyl (C=O) groups is 1. The second-order valence-corrected chi connectivity index (χ2v) is 6.98. The number of halogens is 2. The third-order valence-electron chi connectivity index (χ3n) is 4.66. The molecule has 0 saturated carbocycles. The quantitative estimate of drug-likeness (QED) is 0.431. The molecule has 30 heavy (non-hydrogen) atoms. The number of piperazine rings is 1. The number of aliphatic imine (C=N–C) groups is 1. The average molecular weight is 415 g/mol. The van der Waals surface area contributed by atoms with Gasteiger partial charge in [-0.15, -0.1) is 6.42 Å². The van der Waals surface area contributed by atoms with Crippen molar-refractivity contribution in [3.05, 3.63) is 53.9 Å². The van der Waals surface area contributed by atoms with Crippen molar-refractivity contribution >= 4 is 17.4 Å². The van der Waals surface area contributed by atoms with Gasteiger partial charge in [-0.25, -0.2) is 13.8 Å². The lowest BCUT2D eigenvalue weighted by atomic mass is 10.1. The standard InChI is InChI=1S/C23H28F2N4O/c1-5-8-20(27-19-11-9-18(10-12-19)23(4,24)25)22(26-13-6-2)29-16-14-28(15-17-29)21(30)7-3/h3,6,8-13,27H,5,14-17H2,1-2,4H3/b13-6-,20-8-,26-22+.